The molecule has 0 spiro atoms. The van der Waals surface area contributed by atoms with Gasteiger partial charge in [-0.25, -0.2) is 14.4 Å². The van der Waals surface area contributed by atoms with Crippen molar-refractivity contribution in [3.8, 4) is 11.4 Å². The summed E-state index contributed by atoms with van der Waals surface area (Å²) in [4.78, 5) is 9.04. The number of aryl methyl sites for hydroxylation is 1. The van der Waals surface area contributed by atoms with Gasteiger partial charge in [-0.3, -0.25) is 10.0 Å². The molecule has 2 aromatic carbocycles. The van der Waals surface area contributed by atoms with E-state index >= 15 is 0 Å². The lowest BCUT2D eigenvalue weighted by Crippen LogP contribution is -2.56. The van der Waals surface area contributed by atoms with Crippen LogP contribution < -0.4 is 4.74 Å². The Morgan fingerprint density at radius 3 is 2.68 bits per heavy atom. The van der Waals surface area contributed by atoms with Crippen LogP contribution in [-0.4, -0.2) is 63.9 Å². The minimum absolute atomic E-state index is 0.293. The summed E-state index contributed by atoms with van der Waals surface area (Å²) < 4.78 is 21.1. The summed E-state index contributed by atoms with van der Waals surface area (Å²) in [7, 11) is 3.66. The van der Waals surface area contributed by atoms with Crippen LogP contribution >= 0.6 is 0 Å². The number of hydrazine groups is 1. The summed E-state index contributed by atoms with van der Waals surface area (Å²) in [6, 6.07) is 12.1. The number of imidazole rings is 1. The molecule has 0 amide bonds. The van der Waals surface area contributed by atoms with Crippen LogP contribution in [0.3, 0.4) is 0 Å². The standard InChI is InChI=1S/C26H28FN5O2/c1-17-15-31(16-29-17)22-9-4-18(13-24(22)34-3)12-20-10-11-30(2)32-25(23(33)14-28-26(20)32)19-5-7-21(27)8-6-19/h4-9,12-13,15-16,23,25,33H,10-11,14H2,1-3H3/b20-12+. The number of halogens is 1. The number of aliphatic hydroxyl groups is 1. The zero-order valence-electron chi connectivity index (χ0n) is 19.5. The Labute approximate surface area is 198 Å². The molecule has 2 aliphatic rings. The van der Waals surface area contributed by atoms with Crippen LogP contribution in [-0.2, 0) is 0 Å². The summed E-state index contributed by atoms with van der Waals surface area (Å²) in [5.41, 5.74) is 4.81. The van der Waals surface area contributed by atoms with E-state index < -0.39 is 6.10 Å². The number of fused-ring (bicyclic) bond motifs is 1. The van der Waals surface area contributed by atoms with E-state index in [1.165, 1.54) is 12.1 Å². The zero-order chi connectivity index (χ0) is 23.8. The second-order valence-corrected chi connectivity index (χ2v) is 8.73. The molecule has 5 rings (SSSR count). The number of rotatable bonds is 4. The van der Waals surface area contributed by atoms with E-state index in [0.29, 0.717) is 6.54 Å². The molecule has 0 saturated carbocycles. The first-order chi connectivity index (χ1) is 16.4. The lowest BCUT2D eigenvalue weighted by molar-refractivity contribution is -0.0383. The van der Waals surface area contributed by atoms with Crippen molar-refractivity contribution >= 4 is 11.9 Å². The van der Waals surface area contributed by atoms with Gasteiger partial charge in [0.2, 0.25) is 0 Å². The van der Waals surface area contributed by atoms with E-state index in [4.69, 9.17) is 9.73 Å². The maximum atomic E-state index is 13.5. The molecule has 0 aliphatic carbocycles. The van der Waals surface area contributed by atoms with Gasteiger partial charge in [0.05, 0.1) is 43.5 Å². The number of aliphatic imine (C=N–C) groups is 1. The number of amidine groups is 1. The van der Waals surface area contributed by atoms with Crippen molar-refractivity contribution in [1.29, 1.82) is 0 Å². The molecule has 0 radical (unpaired) electrons. The van der Waals surface area contributed by atoms with Gasteiger partial charge in [0, 0.05) is 19.8 Å². The second kappa shape index (κ2) is 9.04. The zero-order valence-corrected chi connectivity index (χ0v) is 19.5. The van der Waals surface area contributed by atoms with Crippen molar-refractivity contribution in [1.82, 2.24) is 19.6 Å². The minimum atomic E-state index is -0.686. The van der Waals surface area contributed by atoms with Gasteiger partial charge in [-0.1, -0.05) is 18.2 Å². The van der Waals surface area contributed by atoms with Gasteiger partial charge in [0.25, 0.3) is 0 Å². The first-order valence-corrected chi connectivity index (χ1v) is 11.3. The fourth-order valence-electron chi connectivity index (χ4n) is 4.68. The maximum absolute atomic E-state index is 13.5. The van der Waals surface area contributed by atoms with E-state index in [2.05, 4.69) is 22.1 Å². The lowest BCUT2D eigenvalue weighted by Gasteiger charge is -2.48. The van der Waals surface area contributed by atoms with Crippen molar-refractivity contribution in [2.75, 3.05) is 27.2 Å². The molecule has 0 bridgehead atoms. The molecule has 1 aromatic heterocycles. The number of nitrogens with zero attached hydrogens (tertiary/aromatic N) is 5. The number of ether oxygens (including phenoxy) is 1. The van der Waals surface area contributed by atoms with E-state index in [1.807, 2.05) is 41.9 Å². The van der Waals surface area contributed by atoms with Gasteiger partial charge in [0.15, 0.2) is 0 Å². The van der Waals surface area contributed by atoms with Crippen molar-refractivity contribution < 1.29 is 14.2 Å². The maximum Gasteiger partial charge on any atom is 0.143 e. The number of hydrogen-bond acceptors (Lipinski definition) is 6. The fraction of sp³-hybridized carbons (Fsp3) is 0.308. The van der Waals surface area contributed by atoms with Gasteiger partial charge in [-0.2, -0.15) is 0 Å². The van der Waals surface area contributed by atoms with Crippen molar-refractivity contribution in [2.45, 2.75) is 25.5 Å². The highest BCUT2D eigenvalue weighted by Gasteiger charge is 2.39. The van der Waals surface area contributed by atoms with E-state index in [9.17, 15) is 9.50 Å². The molecular formula is C26H28FN5O2. The van der Waals surface area contributed by atoms with Crippen LogP contribution in [0.5, 0.6) is 5.75 Å². The van der Waals surface area contributed by atoms with Crippen molar-refractivity contribution in [3.63, 3.8) is 0 Å². The first-order valence-electron chi connectivity index (χ1n) is 11.3. The second-order valence-electron chi connectivity index (χ2n) is 8.73. The Morgan fingerprint density at radius 1 is 1.18 bits per heavy atom. The number of aliphatic hydroxyl groups excluding tert-OH is 1. The molecule has 7 nitrogen and oxygen atoms in total. The number of aromatic nitrogens is 2. The molecule has 34 heavy (non-hydrogen) atoms. The Hall–Kier alpha value is -3.49. The normalized spacial score (nSPS) is 22.0. The average molecular weight is 462 g/mol. The first kappa shape index (κ1) is 22.3. The van der Waals surface area contributed by atoms with E-state index in [-0.39, 0.29) is 11.9 Å². The van der Waals surface area contributed by atoms with Gasteiger partial charge in [0.1, 0.15) is 17.4 Å². The third kappa shape index (κ3) is 4.10. The largest absolute Gasteiger partial charge is 0.495 e. The molecule has 3 heterocycles. The third-order valence-corrected chi connectivity index (χ3v) is 6.38. The summed E-state index contributed by atoms with van der Waals surface area (Å²) in [5.74, 6) is 1.29. The molecule has 8 heteroatoms. The molecule has 1 fully saturated rings. The molecule has 2 aliphatic heterocycles. The monoisotopic (exact) mass is 461 g/mol. The predicted molar refractivity (Wildman–Crippen MR) is 129 cm³/mol. The highest BCUT2D eigenvalue weighted by Crippen LogP contribution is 2.35. The highest BCUT2D eigenvalue weighted by atomic mass is 19.1. The Kier molecular flexibility index (Phi) is 5.93. The van der Waals surface area contributed by atoms with Gasteiger partial charge in [-0.15, -0.1) is 0 Å². The topological polar surface area (TPSA) is 66.1 Å². The Morgan fingerprint density at radius 2 is 1.97 bits per heavy atom. The van der Waals surface area contributed by atoms with Crippen LogP contribution in [0, 0.1) is 12.7 Å². The third-order valence-electron chi connectivity index (χ3n) is 6.38. The Bertz CT molecular complexity index is 1250. The molecular weight excluding hydrogens is 433 g/mol. The molecule has 2 unspecified atom stereocenters. The summed E-state index contributed by atoms with van der Waals surface area (Å²) in [6.45, 7) is 3.02. The number of benzene rings is 2. The van der Waals surface area contributed by atoms with Crippen LogP contribution in [0.2, 0.25) is 0 Å². The predicted octanol–water partition coefficient (Wildman–Crippen LogP) is 3.78. The van der Waals surface area contributed by atoms with E-state index in [0.717, 1.165) is 52.6 Å². The summed E-state index contributed by atoms with van der Waals surface area (Å²) >= 11 is 0. The van der Waals surface area contributed by atoms with Crippen LogP contribution in [0.4, 0.5) is 4.39 Å². The van der Waals surface area contributed by atoms with Crippen LogP contribution in [0.25, 0.3) is 11.8 Å². The fourth-order valence-corrected chi connectivity index (χ4v) is 4.68. The SMILES string of the molecule is COc1cc(/C=C2\CCN(C)N3C2=NCC(O)C3c2ccc(F)cc2)ccc1-n1cnc(C)c1. The molecule has 176 valence electrons. The molecule has 2 atom stereocenters. The minimum Gasteiger partial charge on any atom is -0.495 e. The molecule has 1 N–H and O–H groups in total. The van der Waals surface area contributed by atoms with Crippen LogP contribution in [0.1, 0.15) is 29.3 Å². The highest BCUT2D eigenvalue weighted by molar-refractivity contribution is 6.03. The van der Waals surface area contributed by atoms with Gasteiger partial charge < -0.3 is 14.4 Å². The van der Waals surface area contributed by atoms with Gasteiger partial charge >= 0.3 is 0 Å². The van der Waals surface area contributed by atoms with Crippen molar-refractivity contribution in [2.24, 2.45) is 4.99 Å². The molecule has 1 saturated heterocycles. The Balaban J connectivity index is 1.50. The lowest BCUT2D eigenvalue weighted by atomic mass is 9.95. The quantitative estimate of drug-likeness (QED) is 0.641. The van der Waals surface area contributed by atoms with Gasteiger partial charge in [-0.05, 0) is 60.4 Å². The summed E-state index contributed by atoms with van der Waals surface area (Å²) in [6.07, 6.45) is 6.00. The van der Waals surface area contributed by atoms with E-state index in [1.54, 1.807) is 25.6 Å². The smallest absolute Gasteiger partial charge is 0.143 e. The summed E-state index contributed by atoms with van der Waals surface area (Å²) in [5, 5.41) is 14.9. The average Bonchev–Trinajstić information content (AvgIpc) is 3.27. The number of methoxy groups -OCH3 is 1. The molecule has 3 aromatic rings. The van der Waals surface area contributed by atoms with Crippen LogP contribution in [0.15, 0.2) is 65.6 Å². The van der Waals surface area contributed by atoms with Crippen molar-refractivity contribution in [3.05, 3.63) is 83.2 Å². The number of hydrogen-bond donors (Lipinski definition) is 1.